The summed E-state index contributed by atoms with van der Waals surface area (Å²) in [6, 6.07) is 10.1. The number of nitrogens with zero attached hydrogens (tertiary/aromatic N) is 2. The number of fused-ring (bicyclic) bond motifs is 1. The molecule has 0 aliphatic carbocycles. The number of ether oxygens (including phenoxy) is 3. The van der Waals surface area contributed by atoms with Crippen LogP contribution >= 0.6 is 0 Å². The van der Waals surface area contributed by atoms with E-state index < -0.39 is 17.8 Å². The van der Waals surface area contributed by atoms with Crippen LogP contribution in [0.15, 0.2) is 53.3 Å². The topological polar surface area (TPSA) is 96.0 Å². The first-order valence-electron chi connectivity index (χ1n) is 10.9. The first-order chi connectivity index (χ1) is 17.2. The van der Waals surface area contributed by atoms with Crippen LogP contribution in [-0.2, 0) is 17.5 Å². The lowest BCUT2D eigenvalue weighted by atomic mass is 10.2. The van der Waals surface area contributed by atoms with Gasteiger partial charge in [0.2, 0.25) is 5.89 Å². The van der Waals surface area contributed by atoms with Crippen molar-refractivity contribution in [3.05, 3.63) is 60.1 Å². The molecule has 0 aliphatic heterocycles. The van der Waals surface area contributed by atoms with Crippen LogP contribution < -0.4 is 14.2 Å². The quantitative estimate of drug-likeness (QED) is 0.282. The molecule has 0 fully saturated rings. The summed E-state index contributed by atoms with van der Waals surface area (Å²) in [7, 11) is 1.42. The third-order valence-electron chi connectivity index (χ3n) is 5.38. The van der Waals surface area contributed by atoms with Gasteiger partial charge in [-0.2, -0.15) is 13.2 Å². The Hall–Kier alpha value is -4.15. The number of aryl methyl sites for hydroxylation is 1. The van der Waals surface area contributed by atoms with Gasteiger partial charge in [0.15, 0.2) is 17.2 Å². The molecule has 0 atom stereocenters. The average Bonchev–Trinajstić information content (AvgIpc) is 3.44. The number of hydrogen-bond acceptors (Lipinski definition) is 6. The monoisotopic (exact) mass is 504 g/mol. The summed E-state index contributed by atoms with van der Waals surface area (Å²) < 4.78 is 61.8. The smallest absolute Gasteiger partial charge is 0.436 e. The molecule has 8 nitrogen and oxygen atoms in total. The lowest BCUT2D eigenvalue weighted by Gasteiger charge is -2.12. The molecular formula is C25H23F3N2O6. The first kappa shape index (κ1) is 25.0. The van der Waals surface area contributed by atoms with Crippen LogP contribution in [0.4, 0.5) is 13.2 Å². The number of rotatable bonds is 10. The van der Waals surface area contributed by atoms with E-state index in [1.807, 2.05) is 19.1 Å². The molecule has 1 N–H and O–H groups in total. The second kappa shape index (κ2) is 10.2. The predicted octanol–water partition coefficient (Wildman–Crippen LogP) is 5.56. The van der Waals surface area contributed by atoms with E-state index in [1.165, 1.54) is 19.2 Å². The Morgan fingerprint density at radius 2 is 1.89 bits per heavy atom. The molecule has 0 aliphatic rings. The van der Waals surface area contributed by atoms with Gasteiger partial charge in [-0.15, -0.1) is 0 Å². The molecule has 0 spiro atoms. The Kier molecular flexibility index (Phi) is 7.09. The fraction of sp³-hybridized carbons (Fsp3) is 0.280. The number of aromatic nitrogens is 2. The standard InChI is InChI=1S/C25H23F3N2O6/c1-15-12-30(13-23(31)32)19-6-5-17(11-18(15)19)34-8-3-9-35-20-7-4-16(10-21(20)33-2)24-29-22(14-36-24)25(26,27)28/h4-7,10-12,14H,3,8-9,13H2,1-2H3,(H,31,32). The summed E-state index contributed by atoms with van der Waals surface area (Å²) in [6.07, 6.45) is -1.67. The lowest BCUT2D eigenvalue weighted by Crippen LogP contribution is -2.07. The van der Waals surface area contributed by atoms with Crippen molar-refractivity contribution >= 4 is 16.9 Å². The third kappa shape index (κ3) is 5.56. The fourth-order valence-corrected chi connectivity index (χ4v) is 3.71. The summed E-state index contributed by atoms with van der Waals surface area (Å²) in [5, 5.41) is 9.98. The minimum absolute atomic E-state index is 0.112. The van der Waals surface area contributed by atoms with Crippen LogP contribution in [0.3, 0.4) is 0 Å². The van der Waals surface area contributed by atoms with E-state index in [-0.39, 0.29) is 12.4 Å². The van der Waals surface area contributed by atoms with Gasteiger partial charge in [-0.3, -0.25) is 4.79 Å². The maximum atomic E-state index is 12.8. The SMILES string of the molecule is COc1cc(-c2nc(C(F)(F)F)co2)ccc1OCCCOc1ccc2c(c1)c(C)cn2CC(=O)O. The van der Waals surface area contributed by atoms with Gasteiger partial charge in [0.05, 0.1) is 20.3 Å². The van der Waals surface area contributed by atoms with Crippen LogP contribution in [0, 0.1) is 6.92 Å². The Morgan fingerprint density at radius 3 is 2.58 bits per heavy atom. The molecule has 0 saturated carbocycles. The highest BCUT2D eigenvalue weighted by Gasteiger charge is 2.35. The van der Waals surface area contributed by atoms with Crippen molar-refractivity contribution in [3.8, 4) is 28.7 Å². The second-order valence-corrected chi connectivity index (χ2v) is 7.96. The lowest BCUT2D eigenvalue weighted by molar-refractivity contribution is -0.141. The summed E-state index contributed by atoms with van der Waals surface area (Å²) >= 11 is 0. The summed E-state index contributed by atoms with van der Waals surface area (Å²) in [6.45, 7) is 2.48. The third-order valence-corrected chi connectivity index (χ3v) is 5.38. The molecule has 2 aromatic heterocycles. The van der Waals surface area contributed by atoms with E-state index in [0.29, 0.717) is 48.7 Å². The molecule has 2 aromatic carbocycles. The van der Waals surface area contributed by atoms with Crippen molar-refractivity contribution in [3.63, 3.8) is 0 Å². The predicted molar refractivity (Wildman–Crippen MR) is 123 cm³/mol. The van der Waals surface area contributed by atoms with Crippen molar-refractivity contribution in [1.82, 2.24) is 9.55 Å². The van der Waals surface area contributed by atoms with Crippen LogP contribution in [0.2, 0.25) is 0 Å². The Bertz CT molecular complexity index is 1380. The highest BCUT2D eigenvalue weighted by molar-refractivity contribution is 5.86. The van der Waals surface area contributed by atoms with Crippen molar-refractivity contribution in [2.45, 2.75) is 26.1 Å². The van der Waals surface area contributed by atoms with E-state index in [2.05, 4.69) is 4.98 Å². The minimum Gasteiger partial charge on any atom is -0.493 e. The molecule has 11 heteroatoms. The first-order valence-corrected chi connectivity index (χ1v) is 10.9. The average molecular weight is 504 g/mol. The largest absolute Gasteiger partial charge is 0.493 e. The highest BCUT2D eigenvalue weighted by Crippen LogP contribution is 2.35. The molecule has 0 amide bonds. The number of aliphatic carboxylic acids is 1. The van der Waals surface area contributed by atoms with E-state index in [9.17, 15) is 18.0 Å². The maximum absolute atomic E-state index is 12.8. The number of halogens is 3. The van der Waals surface area contributed by atoms with Gasteiger partial charge in [-0.05, 0) is 48.9 Å². The zero-order chi connectivity index (χ0) is 25.9. The Labute approximate surface area is 203 Å². The molecule has 0 unspecified atom stereocenters. The van der Waals surface area contributed by atoms with Crippen LogP contribution in [0.1, 0.15) is 17.7 Å². The molecule has 190 valence electrons. The molecule has 2 heterocycles. The van der Waals surface area contributed by atoms with Gasteiger partial charge in [-0.1, -0.05) is 0 Å². The van der Waals surface area contributed by atoms with Crippen molar-refractivity contribution in [2.75, 3.05) is 20.3 Å². The van der Waals surface area contributed by atoms with E-state index >= 15 is 0 Å². The zero-order valence-electron chi connectivity index (χ0n) is 19.5. The number of methoxy groups -OCH3 is 1. The number of benzene rings is 2. The van der Waals surface area contributed by atoms with Crippen LogP contribution in [0.5, 0.6) is 17.2 Å². The number of hydrogen-bond donors (Lipinski definition) is 1. The summed E-state index contributed by atoms with van der Waals surface area (Å²) in [5.41, 5.74) is 0.986. The molecule has 0 bridgehead atoms. The van der Waals surface area contributed by atoms with Crippen molar-refractivity contribution < 1.29 is 41.7 Å². The summed E-state index contributed by atoms with van der Waals surface area (Å²) in [4.78, 5) is 14.5. The van der Waals surface area contributed by atoms with Crippen molar-refractivity contribution in [1.29, 1.82) is 0 Å². The van der Waals surface area contributed by atoms with Crippen LogP contribution in [0.25, 0.3) is 22.4 Å². The van der Waals surface area contributed by atoms with Gasteiger partial charge >= 0.3 is 12.1 Å². The Morgan fingerprint density at radius 1 is 1.11 bits per heavy atom. The maximum Gasteiger partial charge on any atom is 0.436 e. The van der Waals surface area contributed by atoms with E-state index in [4.69, 9.17) is 23.7 Å². The fourth-order valence-electron chi connectivity index (χ4n) is 3.71. The number of oxazole rings is 1. The number of carboxylic acid groups (broad SMARTS) is 1. The minimum atomic E-state index is -4.59. The van der Waals surface area contributed by atoms with Gasteiger partial charge < -0.3 is 28.3 Å². The molecule has 36 heavy (non-hydrogen) atoms. The summed E-state index contributed by atoms with van der Waals surface area (Å²) in [5.74, 6) is 0.315. The zero-order valence-corrected chi connectivity index (χ0v) is 19.5. The molecule has 0 saturated heterocycles. The van der Waals surface area contributed by atoms with E-state index in [0.717, 1.165) is 16.5 Å². The highest BCUT2D eigenvalue weighted by atomic mass is 19.4. The molecule has 0 radical (unpaired) electrons. The second-order valence-electron chi connectivity index (χ2n) is 7.96. The molecule has 4 rings (SSSR count). The number of alkyl halides is 3. The number of carboxylic acids is 1. The van der Waals surface area contributed by atoms with Crippen LogP contribution in [-0.4, -0.2) is 41.0 Å². The van der Waals surface area contributed by atoms with Gasteiger partial charge in [0, 0.05) is 29.1 Å². The molecular weight excluding hydrogens is 481 g/mol. The van der Waals surface area contributed by atoms with E-state index in [1.54, 1.807) is 22.9 Å². The normalized spacial score (nSPS) is 11.6. The van der Waals surface area contributed by atoms with Crippen molar-refractivity contribution in [2.24, 2.45) is 0 Å². The number of carbonyl (C=O) groups is 1. The van der Waals surface area contributed by atoms with Gasteiger partial charge in [0.1, 0.15) is 18.6 Å². The Balaban J connectivity index is 1.32. The molecule has 4 aromatic rings. The van der Waals surface area contributed by atoms with Gasteiger partial charge in [0.25, 0.3) is 0 Å². The van der Waals surface area contributed by atoms with Gasteiger partial charge in [-0.25, -0.2) is 4.98 Å².